The summed E-state index contributed by atoms with van der Waals surface area (Å²) in [4.78, 5) is 36.6. The number of benzene rings is 1. The molecule has 0 aliphatic carbocycles. The zero-order valence-corrected chi connectivity index (χ0v) is 12.1. The van der Waals surface area contributed by atoms with E-state index in [9.17, 15) is 14.4 Å². The van der Waals surface area contributed by atoms with Crippen molar-refractivity contribution in [3.63, 3.8) is 0 Å². The Morgan fingerprint density at radius 3 is 2.64 bits per heavy atom. The van der Waals surface area contributed by atoms with E-state index in [0.29, 0.717) is 17.2 Å². The second-order valence-electron chi connectivity index (χ2n) is 4.35. The van der Waals surface area contributed by atoms with Crippen LogP contribution in [0, 0.1) is 0 Å². The molecule has 2 N–H and O–H groups in total. The molecule has 0 aliphatic rings. The quantitative estimate of drug-likeness (QED) is 0.821. The summed E-state index contributed by atoms with van der Waals surface area (Å²) in [6.07, 6.45) is 1.26. The van der Waals surface area contributed by atoms with Gasteiger partial charge in [0.25, 0.3) is 5.56 Å². The Balaban J connectivity index is 2.15. The van der Waals surface area contributed by atoms with Crippen LogP contribution in [0.1, 0.15) is 0 Å². The predicted octanol–water partition coefficient (Wildman–Crippen LogP) is 0.192. The lowest BCUT2D eigenvalue weighted by atomic mass is 10.2. The highest BCUT2D eigenvalue weighted by atomic mass is 16.5. The van der Waals surface area contributed by atoms with Crippen LogP contribution in [-0.4, -0.2) is 29.7 Å². The highest BCUT2D eigenvalue weighted by Crippen LogP contribution is 2.28. The van der Waals surface area contributed by atoms with Crippen LogP contribution in [0.4, 0.5) is 5.69 Å². The van der Waals surface area contributed by atoms with Gasteiger partial charge in [-0.2, -0.15) is 0 Å². The molecule has 0 saturated heterocycles. The van der Waals surface area contributed by atoms with Crippen molar-refractivity contribution in [2.75, 3.05) is 19.5 Å². The molecule has 1 aromatic heterocycles. The standard InChI is InChI=1S/C14H15N3O5/c1-21-9-3-4-10(11(7-9)22-2)15-13(19)8-17-6-5-12(18)16-14(17)20/h3-7H,8H2,1-2H3,(H,15,19)(H,16,18,20). The number of rotatable bonds is 5. The van der Waals surface area contributed by atoms with Gasteiger partial charge in [-0.05, 0) is 12.1 Å². The van der Waals surface area contributed by atoms with Gasteiger partial charge in [-0.25, -0.2) is 4.79 Å². The summed E-state index contributed by atoms with van der Waals surface area (Å²) < 4.78 is 11.3. The minimum Gasteiger partial charge on any atom is -0.497 e. The fourth-order valence-corrected chi connectivity index (χ4v) is 1.81. The Morgan fingerprint density at radius 2 is 2.00 bits per heavy atom. The molecule has 0 bridgehead atoms. The number of carbonyl (C=O) groups is 1. The fourth-order valence-electron chi connectivity index (χ4n) is 1.81. The van der Waals surface area contributed by atoms with Gasteiger partial charge in [-0.3, -0.25) is 19.1 Å². The first kappa shape index (κ1) is 15.4. The molecule has 1 aromatic carbocycles. The summed E-state index contributed by atoms with van der Waals surface area (Å²) in [5.41, 5.74) is -0.714. The Kier molecular flexibility index (Phi) is 4.62. The number of nitrogens with zero attached hydrogens (tertiary/aromatic N) is 1. The van der Waals surface area contributed by atoms with Gasteiger partial charge in [0.1, 0.15) is 18.0 Å². The molecule has 116 valence electrons. The lowest BCUT2D eigenvalue weighted by molar-refractivity contribution is -0.116. The fraction of sp³-hybridized carbons (Fsp3) is 0.214. The largest absolute Gasteiger partial charge is 0.497 e. The monoisotopic (exact) mass is 305 g/mol. The molecule has 0 aliphatic heterocycles. The van der Waals surface area contributed by atoms with Crippen LogP contribution in [0.5, 0.6) is 11.5 Å². The third-order valence-corrected chi connectivity index (χ3v) is 2.89. The predicted molar refractivity (Wildman–Crippen MR) is 79.5 cm³/mol. The molecule has 2 aromatic rings. The molecule has 2 rings (SSSR count). The second-order valence-corrected chi connectivity index (χ2v) is 4.35. The molecule has 8 nitrogen and oxygen atoms in total. The number of hydrogen-bond acceptors (Lipinski definition) is 5. The summed E-state index contributed by atoms with van der Waals surface area (Å²) in [6, 6.07) is 6.10. The van der Waals surface area contributed by atoms with Crippen LogP contribution in [0.25, 0.3) is 0 Å². The van der Waals surface area contributed by atoms with E-state index in [1.807, 2.05) is 0 Å². The summed E-state index contributed by atoms with van der Waals surface area (Å²) in [7, 11) is 2.99. The molecular weight excluding hydrogens is 290 g/mol. The molecule has 0 fully saturated rings. The molecule has 0 atom stereocenters. The van der Waals surface area contributed by atoms with Gasteiger partial charge >= 0.3 is 5.69 Å². The van der Waals surface area contributed by atoms with E-state index < -0.39 is 17.2 Å². The number of anilines is 1. The van der Waals surface area contributed by atoms with E-state index in [-0.39, 0.29) is 6.54 Å². The topological polar surface area (TPSA) is 102 Å². The summed E-state index contributed by atoms with van der Waals surface area (Å²) in [6.45, 7) is -0.231. The molecule has 8 heteroatoms. The number of carbonyl (C=O) groups excluding carboxylic acids is 1. The zero-order chi connectivity index (χ0) is 16.1. The Labute approximate surface area is 125 Å². The average Bonchev–Trinajstić information content (AvgIpc) is 2.50. The van der Waals surface area contributed by atoms with Gasteiger partial charge in [-0.1, -0.05) is 0 Å². The van der Waals surface area contributed by atoms with Crippen molar-refractivity contribution in [1.82, 2.24) is 9.55 Å². The van der Waals surface area contributed by atoms with Gasteiger partial charge in [-0.15, -0.1) is 0 Å². The highest BCUT2D eigenvalue weighted by Gasteiger charge is 2.10. The van der Waals surface area contributed by atoms with E-state index in [2.05, 4.69) is 10.3 Å². The smallest absolute Gasteiger partial charge is 0.328 e. The first-order valence-corrected chi connectivity index (χ1v) is 6.35. The van der Waals surface area contributed by atoms with Crippen LogP contribution in [0.3, 0.4) is 0 Å². The maximum absolute atomic E-state index is 12.0. The number of nitrogens with one attached hydrogen (secondary N) is 2. The molecule has 1 heterocycles. The normalized spacial score (nSPS) is 10.1. The van der Waals surface area contributed by atoms with Gasteiger partial charge in [0.05, 0.1) is 19.9 Å². The van der Waals surface area contributed by atoms with Crippen molar-refractivity contribution in [3.8, 4) is 11.5 Å². The Morgan fingerprint density at radius 1 is 1.23 bits per heavy atom. The first-order valence-electron chi connectivity index (χ1n) is 6.35. The minimum absolute atomic E-state index is 0.231. The van der Waals surface area contributed by atoms with Gasteiger partial charge in [0.2, 0.25) is 5.91 Å². The lowest BCUT2D eigenvalue weighted by Crippen LogP contribution is -2.32. The van der Waals surface area contributed by atoms with Gasteiger partial charge in [0, 0.05) is 18.3 Å². The van der Waals surface area contributed by atoms with Crippen LogP contribution in [0.15, 0.2) is 40.1 Å². The molecule has 0 saturated carbocycles. The van der Waals surface area contributed by atoms with Crippen molar-refractivity contribution < 1.29 is 14.3 Å². The number of H-pyrrole nitrogens is 1. The number of amides is 1. The third-order valence-electron chi connectivity index (χ3n) is 2.89. The maximum atomic E-state index is 12.0. The van der Waals surface area contributed by atoms with E-state index >= 15 is 0 Å². The maximum Gasteiger partial charge on any atom is 0.328 e. The second kappa shape index (κ2) is 6.61. The van der Waals surface area contributed by atoms with E-state index in [1.165, 1.54) is 26.5 Å². The molecule has 1 amide bonds. The number of aromatic nitrogens is 2. The van der Waals surface area contributed by atoms with Crippen LogP contribution in [-0.2, 0) is 11.3 Å². The SMILES string of the molecule is COc1ccc(NC(=O)Cn2ccc(=O)[nH]c2=O)c(OC)c1. The van der Waals surface area contributed by atoms with Gasteiger partial charge < -0.3 is 14.8 Å². The molecular formula is C14H15N3O5. The van der Waals surface area contributed by atoms with Crippen molar-refractivity contribution in [3.05, 3.63) is 51.3 Å². The van der Waals surface area contributed by atoms with Crippen molar-refractivity contribution in [2.24, 2.45) is 0 Å². The molecule has 0 radical (unpaired) electrons. The average molecular weight is 305 g/mol. The summed E-state index contributed by atoms with van der Waals surface area (Å²) in [5, 5.41) is 2.63. The Bertz CT molecular complexity index is 794. The van der Waals surface area contributed by atoms with E-state index in [1.54, 1.807) is 18.2 Å². The van der Waals surface area contributed by atoms with E-state index in [0.717, 1.165) is 4.57 Å². The van der Waals surface area contributed by atoms with Crippen LogP contribution >= 0.6 is 0 Å². The first-order chi connectivity index (χ1) is 10.5. The molecule has 22 heavy (non-hydrogen) atoms. The lowest BCUT2D eigenvalue weighted by Gasteiger charge is -2.12. The number of ether oxygens (including phenoxy) is 2. The summed E-state index contributed by atoms with van der Waals surface area (Å²) >= 11 is 0. The number of hydrogen-bond donors (Lipinski definition) is 2. The van der Waals surface area contributed by atoms with Crippen LogP contribution in [0.2, 0.25) is 0 Å². The van der Waals surface area contributed by atoms with Crippen molar-refractivity contribution >= 4 is 11.6 Å². The number of aromatic amines is 1. The third kappa shape index (κ3) is 3.54. The van der Waals surface area contributed by atoms with Gasteiger partial charge in [0.15, 0.2) is 0 Å². The zero-order valence-electron chi connectivity index (χ0n) is 12.1. The van der Waals surface area contributed by atoms with Crippen molar-refractivity contribution in [1.29, 1.82) is 0 Å². The minimum atomic E-state index is -0.649. The summed E-state index contributed by atoms with van der Waals surface area (Å²) in [5.74, 6) is 0.589. The number of methoxy groups -OCH3 is 2. The molecule has 0 unspecified atom stereocenters. The Hall–Kier alpha value is -3.03. The van der Waals surface area contributed by atoms with E-state index in [4.69, 9.17) is 9.47 Å². The van der Waals surface area contributed by atoms with Crippen LogP contribution < -0.4 is 26.0 Å². The molecule has 0 spiro atoms. The highest BCUT2D eigenvalue weighted by molar-refractivity contribution is 5.92. The van der Waals surface area contributed by atoms with Crippen molar-refractivity contribution in [2.45, 2.75) is 6.54 Å².